The molecule has 0 aliphatic carbocycles. The molecule has 5 rings (SSSR count). The minimum absolute atomic E-state index is 0.584. The topological polar surface area (TPSA) is 66.5 Å². The van der Waals surface area contributed by atoms with Crippen LogP contribution in [0, 0.1) is 20.8 Å². The van der Waals surface area contributed by atoms with Crippen LogP contribution in [-0.2, 0) is 6.42 Å². The molecule has 7 nitrogen and oxygen atoms in total. The van der Waals surface area contributed by atoms with Gasteiger partial charge in [0, 0.05) is 17.8 Å². The smallest absolute Gasteiger partial charge is 0.168 e. The maximum absolute atomic E-state index is 5.43. The fourth-order valence-corrected chi connectivity index (χ4v) is 4.16. The fourth-order valence-electron chi connectivity index (χ4n) is 4.16. The Balaban J connectivity index is 1.61. The number of rotatable bonds is 5. The number of hydrogen-bond acceptors (Lipinski definition) is 5. The third-order valence-electron chi connectivity index (χ3n) is 5.98. The van der Waals surface area contributed by atoms with Gasteiger partial charge >= 0.3 is 0 Å². The van der Waals surface area contributed by atoms with E-state index in [1.54, 1.807) is 25.1 Å². The molecule has 3 aromatic heterocycles. The molecule has 0 radical (unpaired) electrons. The van der Waals surface area contributed by atoms with Crippen LogP contribution in [0.3, 0.4) is 0 Å². The van der Waals surface area contributed by atoms with Crippen LogP contribution in [0.25, 0.3) is 22.4 Å². The van der Waals surface area contributed by atoms with Gasteiger partial charge in [0.05, 0.1) is 19.6 Å². The summed E-state index contributed by atoms with van der Waals surface area (Å²) >= 11 is 0. The molecular formula is C25H25N5O2. The molecule has 32 heavy (non-hydrogen) atoms. The number of ether oxygens (including phenoxy) is 2. The molecule has 0 bridgehead atoms. The van der Waals surface area contributed by atoms with Gasteiger partial charge in [-0.05, 0) is 56.2 Å². The Morgan fingerprint density at radius 2 is 1.62 bits per heavy atom. The van der Waals surface area contributed by atoms with Gasteiger partial charge in [0.2, 0.25) is 0 Å². The van der Waals surface area contributed by atoms with Crippen LogP contribution >= 0.6 is 0 Å². The van der Waals surface area contributed by atoms with Crippen molar-refractivity contribution in [2.45, 2.75) is 27.2 Å². The lowest BCUT2D eigenvalue weighted by Gasteiger charge is -2.08. The molecule has 3 heterocycles. The lowest BCUT2D eigenvalue weighted by molar-refractivity contribution is 0.354. The first-order chi connectivity index (χ1) is 15.5. The van der Waals surface area contributed by atoms with E-state index in [2.05, 4.69) is 54.7 Å². The van der Waals surface area contributed by atoms with E-state index in [0.717, 1.165) is 45.0 Å². The van der Waals surface area contributed by atoms with E-state index in [4.69, 9.17) is 19.4 Å². The Labute approximate surface area is 186 Å². The summed E-state index contributed by atoms with van der Waals surface area (Å²) in [6.45, 7) is 6.33. The third-order valence-corrected chi connectivity index (χ3v) is 5.98. The Hall–Kier alpha value is -3.87. The SMILES string of the molecule is COc1ccc(Cc2nc3c4c(C)c(C)n(-c5ccc(C)cc5)c4ncn3n2)cc1OC. The molecule has 0 fully saturated rings. The first kappa shape index (κ1) is 20.1. The van der Waals surface area contributed by atoms with E-state index in [9.17, 15) is 0 Å². The van der Waals surface area contributed by atoms with E-state index >= 15 is 0 Å². The molecule has 0 saturated carbocycles. The fraction of sp³-hybridized carbons (Fsp3) is 0.240. The lowest BCUT2D eigenvalue weighted by Crippen LogP contribution is -1.99. The van der Waals surface area contributed by atoms with Crippen LogP contribution in [0.15, 0.2) is 48.8 Å². The standard InChI is InChI=1S/C25H25N5O2/c1-15-6-9-19(10-7-15)30-17(3)16(2)23-24(30)26-14-29-25(23)27-22(28-29)13-18-8-11-20(31-4)21(12-18)32-5/h6-12,14H,13H2,1-5H3. The molecule has 0 amide bonds. The zero-order valence-corrected chi connectivity index (χ0v) is 18.9. The second-order valence-electron chi connectivity index (χ2n) is 7.99. The summed E-state index contributed by atoms with van der Waals surface area (Å²) in [5.74, 6) is 2.12. The molecule has 0 atom stereocenters. The van der Waals surface area contributed by atoms with Crippen LogP contribution in [0.4, 0.5) is 0 Å². The van der Waals surface area contributed by atoms with Gasteiger partial charge in [-0.3, -0.25) is 4.57 Å². The van der Waals surface area contributed by atoms with Gasteiger partial charge in [0.1, 0.15) is 6.33 Å². The van der Waals surface area contributed by atoms with Crippen LogP contribution in [0.1, 0.15) is 28.2 Å². The number of aryl methyl sites for hydroxylation is 2. The maximum Gasteiger partial charge on any atom is 0.168 e. The van der Waals surface area contributed by atoms with Crippen LogP contribution < -0.4 is 9.47 Å². The summed E-state index contributed by atoms with van der Waals surface area (Å²) in [5, 5.41) is 5.71. The highest BCUT2D eigenvalue weighted by atomic mass is 16.5. The summed E-state index contributed by atoms with van der Waals surface area (Å²) < 4.78 is 14.7. The first-order valence-corrected chi connectivity index (χ1v) is 10.5. The molecular weight excluding hydrogens is 402 g/mol. The van der Waals surface area contributed by atoms with Gasteiger partial charge in [0.15, 0.2) is 28.6 Å². The maximum atomic E-state index is 5.43. The Bertz CT molecular complexity index is 1450. The lowest BCUT2D eigenvalue weighted by atomic mass is 10.1. The average molecular weight is 428 g/mol. The summed E-state index contributed by atoms with van der Waals surface area (Å²) in [7, 11) is 3.27. The van der Waals surface area contributed by atoms with Crippen molar-refractivity contribution in [1.29, 1.82) is 0 Å². The number of methoxy groups -OCH3 is 2. The van der Waals surface area contributed by atoms with Crippen LogP contribution in [0.2, 0.25) is 0 Å². The van der Waals surface area contributed by atoms with Crippen molar-refractivity contribution >= 4 is 16.7 Å². The van der Waals surface area contributed by atoms with Crippen molar-refractivity contribution < 1.29 is 9.47 Å². The quantitative estimate of drug-likeness (QED) is 0.410. The molecule has 0 unspecified atom stereocenters. The monoisotopic (exact) mass is 427 g/mol. The largest absolute Gasteiger partial charge is 0.493 e. The van der Waals surface area contributed by atoms with Gasteiger partial charge in [0.25, 0.3) is 0 Å². The number of hydrogen-bond donors (Lipinski definition) is 0. The highest BCUT2D eigenvalue weighted by molar-refractivity contribution is 5.95. The number of nitrogens with zero attached hydrogens (tertiary/aromatic N) is 5. The Morgan fingerprint density at radius 3 is 2.34 bits per heavy atom. The zero-order chi connectivity index (χ0) is 22.4. The van der Waals surface area contributed by atoms with Gasteiger partial charge in [-0.1, -0.05) is 23.8 Å². The molecule has 162 valence electrons. The molecule has 0 saturated heterocycles. The zero-order valence-electron chi connectivity index (χ0n) is 18.9. The van der Waals surface area contributed by atoms with Gasteiger partial charge in [-0.15, -0.1) is 5.10 Å². The minimum Gasteiger partial charge on any atom is -0.493 e. The second kappa shape index (κ2) is 7.67. The van der Waals surface area contributed by atoms with Crippen molar-refractivity contribution in [3.8, 4) is 17.2 Å². The van der Waals surface area contributed by atoms with Crippen molar-refractivity contribution in [2.75, 3.05) is 14.2 Å². The highest BCUT2D eigenvalue weighted by Gasteiger charge is 2.19. The predicted molar refractivity (Wildman–Crippen MR) is 124 cm³/mol. The summed E-state index contributed by atoms with van der Waals surface area (Å²) in [6, 6.07) is 14.4. The van der Waals surface area contributed by atoms with E-state index in [-0.39, 0.29) is 0 Å². The van der Waals surface area contributed by atoms with Gasteiger partial charge in [-0.25, -0.2) is 14.5 Å². The highest BCUT2D eigenvalue weighted by Crippen LogP contribution is 2.31. The minimum atomic E-state index is 0.584. The van der Waals surface area contributed by atoms with E-state index in [1.807, 2.05) is 18.2 Å². The van der Waals surface area contributed by atoms with Gasteiger partial charge < -0.3 is 9.47 Å². The normalized spacial score (nSPS) is 11.4. The number of aromatic nitrogens is 5. The van der Waals surface area contributed by atoms with E-state index in [0.29, 0.717) is 17.9 Å². The molecule has 0 aliphatic rings. The van der Waals surface area contributed by atoms with Crippen LogP contribution in [0.5, 0.6) is 11.5 Å². The number of fused-ring (bicyclic) bond motifs is 3. The molecule has 5 aromatic rings. The summed E-state index contributed by atoms with van der Waals surface area (Å²) in [4.78, 5) is 9.63. The summed E-state index contributed by atoms with van der Waals surface area (Å²) in [6.07, 6.45) is 2.33. The van der Waals surface area contributed by atoms with Crippen molar-refractivity contribution in [3.05, 3.63) is 77.0 Å². The van der Waals surface area contributed by atoms with Crippen molar-refractivity contribution in [1.82, 2.24) is 24.1 Å². The third kappa shape index (κ3) is 3.17. The molecule has 7 heteroatoms. The Kier molecular flexibility index (Phi) is 4.81. The first-order valence-electron chi connectivity index (χ1n) is 10.5. The van der Waals surface area contributed by atoms with Crippen LogP contribution in [-0.4, -0.2) is 38.4 Å². The Morgan fingerprint density at radius 1 is 0.875 bits per heavy atom. The number of benzene rings is 2. The van der Waals surface area contributed by atoms with Gasteiger partial charge in [-0.2, -0.15) is 0 Å². The summed E-state index contributed by atoms with van der Waals surface area (Å²) in [5.41, 5.74) is 7.38. The molecule has 0 aliphatic heterocycles. The van der Waals surface area contributed by atoms with E-state index in [1.165, 1.54) is 5.56 Å². The molecule has 0 spiro atoms. The van der Waals surface area contributed by atoms with Crippen molar-refractivity contribution in [3.63, 3.8) is 0 Å². The van der Waals surface area contributed by atoms with E-state index < -0.39 is 0 Å². The molecule has 2 aromatic carbocycles. The second-order valence-corrected chi connectivity index (χ2v) is 7.99. The van der Waals surface area contributed by atoms with Crippen molar-refractivity contribution in [2.24, 2.45) is 0 Å². The predicted octanol–water partition coefficient (Wildman–Crippen LogP) is 4.60. The molecule has 0 N–H and O–H groups in total. The average Bonchev–Trinajstić information content (AvgIpc) is 3.32.